The second-order valence-corrected chi connectivity index (χ2v) is 4.81. The van der Waals surface area contributed by atoms with Gasteiger partial charge in [-0.3, -0.25) is 4.99 Å². The van der Waals surface area contributed by atoms with Crippen LogP contribution in [0.2, 0.25) is 0 Å². The minimum atomic E-state index is -0.231. The van der Waals surface area contributed by atoms with Gasteiger partial charge in [0, 0.05) is 38.0 Å². The monoisotopic (exact) mass is 444 g/mol. The molecule has 24 heavy (non-hydrogen) atoms. The summed E-state index contributed by atoms with van der Waals surface area (Å²) in [6.45, 7) is 3.43. The summed E-state index contributed by atoms with van der Waals surface area (Å²) < 4.78 is 19.0. The smallest absolute Gasteiger partial charge is 0.213 e. The number of aliphatic imine (C=N–C) groups is 1. The van der Waals surface area contributed by atoms with Crippen molar-refractivity contribution >= 4 is 29.9 Å². The quantitative estimate of drug-likeness (QED) is 0.409. The number of halogens is 2. The summed E-state index contributed by atoms with van der Waals surface area (Å²) in [5, 5.41) is 6.27. The fourth-order valence-corrected chi connectivity index (χ4v) is 2.01. The number of benzene rings is 1. The van der Waals surface area contributed by atoms with Crippen LogP contribution in [0, 0.1) is 5.82 Å². The van der Waals surface area contributed by atoms with E-state index in [9.17, 15) is 4.39 Å². The van der Waals surface area contributed by atoms with Gasteiger partial charge in [-0.2, -0.15) is 0 Å². The van der Waals surface area contributed by atoms with Gasteiger partial charge in [0.05, 0.1) is 6.61 Å². The van der Waals surface area contributed by atoms with Crippen LogP contribution in [0.15, 0.2) is 47.6 Å². The van der Waals surface area contributed by atoms with Crippen LogP contribution >= 0.6 is 24.0 Å². The first-order valence-corrected chi connectivity index (χ1v) is 7.48. The molecule has 0 radical (unpaired) electrons. The third-order valence-electron chi connectivity index (χ3n) is 3.18. The summed E-state index contributed by atoms with van der Waals surface area (Å²) >= 11 is 0. The van der Waals surface area contributed by atoms with Crippen molar-refractivity contribution in [2.75, 3.05) is 13.7 Å². The number of hydrogen-bond donors (Lipinski definition) is 2. The molecule has 1 heterocycles. The van der Waals surface area contributed by atoms with Gasteiger partial charge in [-0.05, 0) is 24.6 Å². The molecule has 0 aliphatic heterocycles. The summed E-state index contributed by atoms with van der Waals surface area (Å²) in [4.78, 5) is 8.26. The number of hydrogen-bond acceptors (Lipinski definition) is 3. The van der Waals surface area contributed by atoms with E-state index < -0.39 is 0 Å². The molecule has 0 aliphatic carbocycles. The molecule has 2 aromatic rings. The Morgan fingerprint density at radius 3 is 2.67 bits per heavy atom. The van der Waals surface area contributed by atoms with Crippen molar-refractivity contribution in [3.63, 3.8) is 0 Å². The van der Waals surface area contributed by atoms with E-state index in [0.717, 1.165) is 5.56 Å². The normalized spacial score (nSPS) is 10.7. The van der Waals surface area contributed by atoms with Crippen LogP contribution < -0.4 is 15.4 Å². The molecule has 130 valence electrons. The first-order chi connectivity index (χ1) is 11.2. The van der Waals surface area contributed by atoms with Crippen LogP contribution in [0.1, 0.15) is 18.1 Å². The van der Waals surface area contributed by atoms with E-state index in [2.05, 4.69) is 20.6 Å². The Morgan fingerprint density at radius 1 is 1.21 bits per heavy atom. The van der Waals surface area contributed by atoms with Gasteiger partial charge in [0.15, 0.2) is 5.96 Å². The molecule has 0 spiro atoms. The predicted molar refractivity (Wildman–Crippen MR) is 104 cm³/mol. The molecule has 1 aromatic heterocycles. The zero-order valence-corrected chi connectivity index (χ0v) is 16.1. The lowest BCUT2D eigenvalue weighted by molar-refractivity contribution is 0.326. The number of ether oxygens (including phenoxy) is 1. The molecule has 0 amide bonds. The maximum Gasteiger partial charge on any atom is 0.213 e. The third kappa shape index (κ3) is 6.31. The SMILES string of the molecule is CCOc1cc(CNC(=NC)NCc2ccccc2F)ccn1.I. The van der Waals surface area contributed by atoms with E-state index in [1.54, 1.807) is 25.4 Å². The Hall–Kier alpha value is -1.90. The fourth-order valence-electron chi connectivity index (χ4n) is 2.01. The highest BCUT2D eigenvalue weighted by atomic mass is 127. The van der Waals surface area contributed by atoms with Gasteiger partial charge in [-0.25, -0.2) is 9.37 Å². The van der Waals surface area contributed by atoms with E-state index in [1.807, 2.05) is 25.1 Å². The molecule has 1 aromatic carbocycles. The molecule has 2 N–H and O–H groups in total. The summed E-state index contributed by atoms with van der Waals surface area (Å²) in [5.41, 5.74) is 1.62. The van der Waals surface area contributed by atoms with Crippen molar-refractivity contribution < 1.29 is 9.13 Å². The number of guanidine groups is 1. The maximum atomic E-state index is 13.6. The molecular formula is C17H22FIN4O. The van der Waals surface area contributed by atoms with Crippen LogP contribution in [0.3, 0.4) is 0 Å². The van der Waals surface area contributed by atoms with Gasteiger partial charge in [0.25, 0.3) is 0 Å². The topological polar surface area (TPSA) is 58.5 Å². The Kier molecular flexibility index (Phi) is 9.06. The van der Waals surface area contributed by atoms with Crippen molar-refractivity contribution in [1.82, 2.24) is 15.6 Å². The van der Waals surface area contributed by atoms with E-state index in [-0.39, 0.29) is 29.8 Å². The Morgan fingerprint density at radius 2 is 1.96 bits per heavy atom. The number of rotatable bonds is 6. The highest BCUT2D eigenvalue weighted by Crippen LogP contribution is 2.09. The third-order valence-corrected chi connectivity index (χ3v) is 3.18. The van der Waals surface area contributed by atoms with Gasteiger partial charge in [-0.15, -0.1) is 24.0 Å². The molecule has 0 atom stereocenters. The van der Waals surface area contributed by atoms with Crippen molar-refractivity contribution in [2.24, 2.45) is 4.99 Å². The van der Waals surface area contributed by atoms with Gasteiger partial charge in [-0.1, -0.05) is 18.2 Å². The number of pyridine rings is 1. The van der Waals surface area contributed by atoms with E-state index in [1.165, 1.54) is 6.07 Å². The fraction of sp³-hybridized carbons (Fsp3) is 0.294. The van der Waals surface area contributed by atoms with Gasteiger partial charge >= 0.3 is 0 Å². The second-order valence-electron chi connectivity index (χ2n) is 4.81. The average molecular weight is 444 g/mol. The van der Waals surface area contributed by atoms with Gasteiger partial charge in [0.1, 0.15) is 5.82 Å². The van der Waals surface area contributed by atoms with Gasteiger partial charge < -0.3 is 15.4 Å². The van der Waals surface area contributed by atoms with Crippen molar-refractivity contribution in [1.29, 1.82) is 0 Å². The largest absolute Gasteiger partial charge is 0.478 e. The van der Waals surface area contributed by atoms with Crippen LogP contribution in [-0.2, 0) is 13.1 Å². The molecule has 0 unspecified atom stereocenters. The number of nitrogens with zero attached hydrogens (tertiary/aromatic N) is 2. The standard InChI is InChI=1S/C17H21FN4O.HI/c1-3-23-16-10-13(8-9-20-16)11-21-17(19-2)22-12-14-6-4-5-7-15(14)18;/h4-10H,3,11-12H2,1-2H3,(H2,19,21,22);1H. The second kappa shape index (κ2) is 10.8. The van der Waals surface area contributed by atoms with Gasteiger partial charge in [0.2, 0.25) is 5.88 Å². The molecule has 7 heteroatoms. The summed E-state index contributed by atoms with van der Waals surface area (Å²) in [6.07, 6.45) is 1.71. The molecule has 0 saturated heterocycles. The van der Waals surface area contributed by atoms with Crippen LogP contribution in [-0.4, -0.2) is 24.6 Å². The zero-order valence-electron chi connectivity index (χ0n) is 13.8. The Balaban J connectivity index is 0.00000288. The average Bonchev–Trinajstić information content (AvgIpc) is 2.57. The maximum absolute atomic E-state index is 13.6. The molecule has 0 aliphatic rings. The first-order valence-electron chi connectivity index (χ1n) is 7.48. The number of aromatic nitrogens is 1. The van der Waals surface area contributed by atoms with E-state index >= 15 is 0 Å². The summed E-state index contributed by atoms with van der Waals surface area (Å²) in [6, 6.07) is 10.4. The first kappa shape index (κ1) is 20.1. The summed E-state index contributed by atoms with van der Waals surface area (Å²) in [5.74, 6) is 0.968. The van der Waals surface area contributed by atoms with E-state index in [0.29, 0.717) is 37.1 Å². The highest BCUT2D eigenvalue weighted by Gasteiger charge is 2.03. The highest BCUT2D eigenvalue weighted by molar-refractivity contribution is 14.0. The Labute approximate surface area is 158 Å². The lowest BCUT2D eigenvalue weighted by Gasteiger charge is -2.12. The molecular weight excluding hydrogens is 422 g/mol. The molecule has 0 fully saturated rings. The summed E-state index contributed by atoms with van der Waals surface area (Å²) in [7, 11) is 1.68. The van der Waals surface area contributed by atoms with Crippen LogP contribution in [0.4, 0.5) is 4.39 Å². The minimum Gasteiger partial charge on any atom is -0.478 e. The predicted octanol–water partition coefficient (Wildman–Crippen LogP) is 3.10. The molecule has 0 bridgehead atoms. The van der Waals surface area contributed by atoms with E-state index in [4.69, 9.17) is 4.74 Å². The van der Waals surface area contributed by atoms with Crippen LogP contribution in [0.25, 0.3) is 0 Å². The van der Waals surface area contributed by atoms with Crippen molar-refractivity contribution in [3.05, 3.63) is 59.5 Å². The molecule has 0 saturated carbocycles. The Bertz CT molecular complexity index is 667. The van der Waals surface area contributed by atoms with Crippen molar-refractivity contribution in [2.45, 2.75) is 20.0 Å². The molecule has 5 nitrogen and oxygen atoms in total. The zero-order chi connectivity index (χ0) is 16.5. The number of nitrogens with one attached hydrogen (secondary N) is 2. The minimum absolute atomic E-state index is 0. The van der Waals surface area contributed by atoms with Crippen molar-refractivity contribution in [3.8, 4) is 5.88 Å². The van der Waals surface area contributed by atoms with Crippen LogP contribution in [0.5, 0.6) is 5.88 Å². The lowest BCUT2D eigenvalue weighted by Crippen LogP contribution is -2.36. The lowest BCUT2D eigenvalue weighted by atomic mass is 10.2. The molecule has 2 rings (SSSR count).